The molecule has 1 amide bonds. The predicted octanol–water partition coefficient (Wildman–Crippen LogP) is 4.02. The Hall–Kier alpha value is -1.90. The molecule has 0 radical (unpaired) electrons. The van der Waals surface area contributed by atoms with Gasteiger partial charge in [0.05, 0.1) is 22.2 Å². The van der Waals surface area contributed by atoms with Crippen LogP contribution >= 0.6 is 34.7 Å². The van der Waals surface area contributed by atoms with Crippen molar-refractivity contribution in [2.24, 2.45) is 0 Å². The fourth-order valence-corrected chi connectivity index (χ4v) is 4.26. The van der Waals surface area contributed by atoms with Crippen LogP contribution in [0.25, 0.3) is 4.96 Å². The van der Waals surface area contributed by atoms with Gasteiger partial charge in [-0.3, -0.25) is 9.59 Å². The van der Waals surface area contributed by atoms with Gasteiger partial charge in [0.25, 0.3) is 5.56 Å². The fourth-order valence-electron chi connectivity index (χ4n) is 2.40. The number of nitrogens with zero attached hydrogens (tertiary/aromatic N) is 3. The van der Waals surface area contributed by atoms with Gasteiger partial charge in [-0.05, 0) is 18.6 Å². The molecule has 6 nitrogen and oxygen atoms in total. The van der Waals surface area contributed by atoms with Crippen molar-refractivity contribution in [3.05, 3.63) is 56.4 Å². The number of hydrogen-bond donors (Lipinski definition) is 1. The molecule has 2 aromatic heterocycles. The number of amides is 1. The molecule has 0 aliphatic rings. The second kappa shape index (κ2) is 9.34. The largest absolute Gasteiger partial charge is 0.324 e. The third-order valence-electron chi connectivity index (χ3n) is 3.72. The van der Waals surface area contributed by atoms with Crippen LogP contribution in [0.1, 0.15) is 30.5 Å². The molecule has 0 saturated heterocycles. The van der Waals surface area contributed by atoms with Crippen molar-refractivity contribution in [2.75, 3.05) is 11.1 Å². The number of para-hydroxylation sites is 1. The molecule has 0 saturated carbocycles. The van der Waals surface area contributed by atoms with E-state index in [4.69, 9.17) is 11.6 Å². The molecule has 1 N–H and O–H groups in total. The van der Waals surface area contributed by atoms with Crippen LogP contribution in [-0.4, -0.2) is 26.3 Å². The molecular formula is C18H19ClN4O2S2. The second-order valence-electron chi connectivity index (χ2n) is 5.90. The molecule has 0 fully saturated rings. The normalized spacial score (nSPS) is 11.0. The Balaban J connectivity index is 1.59. The van der Waals surface area contributed by atoms with E-state index in [1.165, 1.54) is 33.7 Å². The number of halogens is 1. The zero-order chi connectivity index (χ0) is 19.2. The van der Waals surface area contributed by atoms with E-state index in [0.29, 0.717) is 27.1 Å². The average Bonchev–Trinajstić information content (AvgIpc) is 3.05. The summed E-state index contributed by atoms with van der Waals surface area (Å²) in [6.45, 7) is 2.12. The van der Waals surface area contributed by atoms with Gasteiger partial charge in [-0.2, -0.15) is 9.61 Å². The van der Waals surface area contributed by atoms with Crippen LogP contribution in [0.5, 0.6) is 0 Å². The number of carbonyl (C=O) groups excluding carboxylic acids is 1. The number of thioether (sulfide) groups is 1. The Bertz CT molecular complexity index is 1000. The van der Waals surface area contributed by atoms with Crippen LogP contribution in [0.2, 0.25) is 5.02 Å². The summed E-state index contributed by atoms with van der Waals surface area (Å²) in [6, 6.07) is 8.57. The van der Waals surface area contributed by atoms with E-state index in [1.54, 1.807) is 18.2 Å². The third-order valence-corrected chi connectivity index (χ3v) is 5.98. The van der Waals surface area contributed by atoms with E-state index in [1.807, 2.05) is 6.07 Å². The summed E-state index contributed by atoms with van der Waals surface area (Å²) in [7, 11) is 0. The van der Waals surface area contributed by atoms with Gasteiger partial charge in [0.15, 0.2) is 0 Å². The SMILES string of the molecule is CCCCc1nn2c(=O)cc(CSCC(=O)Nc3ccccc3Cl)nc2s1. The quantitative estimate of drug-likeness (QED) is 0.593. The standard InChI is InChI=1S/C18H19ClN4O2S2/c1-2-3-8-16-22-23-17(25)9-12(20-18(23)27-16)10-26-11-15(24)21-14-7-5-4-6-13(14)19/h4-7,9H,2-3,8,10-11H2,1H3,(H,21,24). The molecule has 0 aliphatic carbocycles. The van der Waals surface area contributed by atoms with Gasteiger partial charge >= 0.3 is 0 Å². The number of carbonyl (C=O) groups is 1. The molecule has 2 heterocycles. The van der Waals surface area contributed by atoms with Gasteiger partial charge in [0.1, 0.15) is 5.01 Å². The van der Waals surface area contributed by atoms with Crippen molar-refractivity contribution < 1.29 is 4.79 Å². The van der Waals surface area contributed by atoms with E-state index in [0.717, 1.165) is 24.3 Å². The second-order valence-corrected chi connectivity index (χ2v) is 8.33. The summed E-state index contributed by atoms with van der Waals surface area (Å²) in [5, 5.41) is 8.53. The summed E-state index contributed by atoms with van der Waals surface area (Å²) in [5.41, 5.74) is 1.06. The number of anilines is 1. The number of aromatic nitrogens is 3. The van der Waals surface area contributed by atoms with Crippen molar-refractivity contribution in [3.63, 3.8) is 0 Å². The number of aryl methyl sites for hydroxylation is 1. The Morgan fingerprint density at radius 1 is 1.37 bits per heavy atom. The van der Waals surface area contributed by atoms with Crippen molar-refractivity contribution in [2.45, 2.75) is 31.9 Å². The topological polar surface area (TPSA) is 76.4 Å². The summed E-state index contributed by atoms with van der Waals surface area (Å²) in [4.78, 5) is 29.4. The molecule has 0 unspecified atom stereocenters. The highest BCUT2D eigenvalue weighted by Crippen LogP contribution is 2.21. The molecule has 3 aromatic rings. The lowest BCUT2D eigenvalue weighted by molar-refractivity contribution is -0.113. The van der Waals surface area contributed by atoms with Crippen molar-refractivity contribution in [1.29, 1.82) is 0 Å². The zero-order valence-corrected chi connectivity index (χ0v) is 17.2. The van der Waals surface area contributed by atoms with Gasteiger partial charge in [0.2, 0.25) is 10.9 Å². The monoisotopic (exact) mass is 422 g/mol. The number of fused-ring (bicyclic) bond motifs is 1. The van der Waals surface area contributed by atoms with E-state index < -0.39 is 0 Å². The van der Waals surface area contributed by atoms with Gasteiger partial charge in [-0.15, -0.1) is 11.8 Å². The first-order valence-corrected chi connectivity index (χ1v) is 10.9. The Labute approximate surface area is 170 Å². The maximum Gasteiger partial charge on any atom is 0.275 e. The lowest BCUT2D eigenvalue weighted by Gasteiger charge is -2.06. The third kappa shape index (κ3) is 5.31. The number of hydrogen-bond acceptors (Lipinski definition) is 6. The summed E-state index contributed by atoms with van der Waals surface area (Å²) < 4.78 is 1.36. The van der Waals surface area contributed by atoms with E-state index in [9.17, 15) is 9.59 Å². The Morgan fingerprint density at radius 3 is 2.96 bits per heavy atom. The van der Waals surface area contributed by atoms with E-state index >= 15 is 0 Å². The Kier molecular flexibility index (Phi) is 6.87. The van der Waals surface area contributed by atoms with Gasteiger partial charge in [-0.1, -0.05) is 48.4 Å². The van der Waals surface area contributed by atoms with Crippen LogP contribution in [0, 0.1) is 0 Å². The summed E-state index contributed by atoms with van der Waals surface area (Å²) >= 11 is 8.87. The van der Waals surface area contributed by atoms with E-state index in [-0.39, 0.29) is 17.2 Å². The number of nitrogens with one attached hydrogen (secondary N) is 1. The first-order chi connectivity index (χ1) is 13.1. The molecule has 0 spiro atoms. The number of benzene rings is 1. The molecule has 3 rings (SSSR count). The van der Waals surface area contributed by atoms with Crippen LogP contribution in [0.4, 0.5) is 5.69 Å². The van der Waals surface area contributed by atoms with Gasteiger partial charge in [-0.25, -0.2) is 4.98 Å². The fraction of sp³-hybridized carbons (Fsp3) is 0.333. The summed E-state index contributed by atoms with van der Waals surface area (Å²) in [5.74, 6) is 0.575. The minimum absolute atomic E-state index is 0.148. The molecule has 0 atom stereocenters. The minimum atomic E-state index is -0.185. The zero-order valence-electron chi connectivity index (χ0n) is 14.8. The van der Waals surface area contributed by atoms with Crippen LogP contribution in [-0.2, 0) is 17.0 Å². The molecule has 27 heavy (non-hydrogen) atoms. The predicted molar refractivity (Wildman–Crippen MR) is 112 cm³/mol. The highest BCUT2D eigenvalue weighted by molar-refractivity contribution is 7.99. The number of unbranched alkanes of at least 4 members (excludes halogenated alkanes) is 1. The molecule has 9 heteroatoms. The molecule has 0 bridgehead atoms. The average molecular weight is 423 g/mol. The van der Waals surface area contributed by atoms with Gasteiger partial charge in [0, 0.05) is 18.2 Å². The highest BCUT2D eigenvalue weighted by Gasteiger charge is 2.10. The minimum Gasteiger partial charge on any atom is -0.324 e. The summed E-state index contributed by atoms with van der Waals surface area (Å²) in [6.07, 6.45) is 2.98. The van der Waals surface area contributed by atoms with Crippen LogP contribution in [0.15, 0.2) is 35.1 Å². The molecule has 1 aromatic carbocycles. The molecule has 142 valence electrons. The van der Waals surface area contributed by atoms with Crippen LogP contribution in [0.3, 0.4) is 0 Å². The molecule has 0 aliphatic heterocycles. The lowest BCUT2D eigenvalue weighted by atomic mass is 10.3. The maximum absolute atomic E-state index is 12.2. The van der Waals surface area contributed by atoms with Crippen molar-refractivity contribution in [1.82, 2.24) is 14.6 Å². The van der Waals surface area contributed by atoms with E-state index in [2.05, 4.69) is 22.3 Å². The van der Waals surface area contributed by atoms with Gasteiger partial charge < -0.3 is 5.32 Å². The van der Waals surface area contributed by atoms with Crippen molar-refractivity contribution >= 4 is 51.3 Å². The lowest BCUT2D eigenvalue weighted by Crippen LogP contribution is -2.16. The maximum atomic E-state index is 12.2. The Morgan fingerprint density at radius 2 is 2.19 bits per heavy atom. The first-order valence-electron chi connectivity index (χ1n) is 8.57. The first kappa shape index (κ1) is 19.9. The number of rotatable bonds is 8. The molecular weight excluding hydrogens is 404 g/mol. The smallest absolute Gasteiger partial charge is 0.275 e. The van der Waals surface area contributed by atoms with Crippen molar-refractivity contribution in [3.8, 4) is 0 Å². The highest BCUT2D eigenvalue weighted by atomic mass is 35.5. The van der Waals surface area contributed by atoms with Crippen LogP contribution < -0.4 is 10.9 Å².